The Morgan fingerprint density at radius 1 is 1.15 bits per heavy atom. The first-order valence-electron chi connectivity index (χ1n) is 10.5. The first-order valence-corrected chi connectivity index (χ1v) is 10.5. The zero-order chi connectivity index (χ0) is 22.9. The summed E-state index contributed by atoms with van der Waals surface area (Å²) in [6.45, 7) is 6.31. The predicted octanol–water partition coefficient (Wildman–Crippen LogP) is 3.34. The number of carbonyl (C=O) groups is 1. The Kier molecular flexibility index (Phi) is 5.25. The van der Waals surface area contributed by atoms with Gasteiger partial charge in [-0.15, -0.1) is 0 Å². The van der Waals surface area contributed by atoms with E-state index in [4.69, 9.17) is 9.47 Å². The molecule has 1 atom stereocenters. The number of cyclic esters (lactones) is 1. The minimum atomic E-state index is -0.422. The Labute approximate surface area is 190 Å². The highest BCUT2D eigenvalue weighted by Crippen LogP contribution is 2.31. The molecule has 0 aliphatic carbocycles. The predicted molar refractivity (Wildman–Crippen MR) is 122 cm³/mol. The normalized spacial score (nSPS) is 15.4. The lowest BCUT2D eigenvalue weighted by Gasteiger charge is -2.14. The van der Waals surface area contributed by atoms with Crippen molar-refractivity contribution in [3.05, 3.63) is 59.9 Å². The zero-order valence-corrected chi connectivity index (χ0v) is 18.5. The molecule has 0 saturated carbocycles. The fourth-order valence-corrected chi connectivity index (χ4v) is 3.73. The van der Waals surface area contributed by atoms with Crippen molar-refractivity contribution in [3.63, 3.8) is 0 Å². The smallest absolute Gasteiger partial charge is 0.407 e. The van der Waals surface area contributed by atoms with Crippen molar-refractivity contribution < 1.29 is 14.3 Å². The summed E-state index contributed by atoms with van der Waals surface area (Å²) in [4.78, 5) is 24.3. The number of fused-ring (bicyclic) bond motifs is 1. The third-order valence-corrected chi connectivity index (χ3v) is 5.18. The number of aromatic nitrogens is 5. The molecule has 0 unspecified atom stereocenters. The van der Waals surface area contributed by atoms with Gasteiger partial charge >= 0.3 is 6.09 Å². The molecule has 168 valence electrons. The van der Waals surface area contributed by atoms with Crippen molar-refractivity contribution in [2.75, 3.05) is 18.5 Å². The van der Waals surface area contributed by atoms with E-state index in [-0.39, 0.29) is 12.6 Å². The van der Waals surface area contributed by atoms with Gasteiger partial charge in [-0.05, 0) is 44.5 Å². The summed E-state index contributed by atoms with van der Waals surface area (Å²) in [5.74, 6) is 2.72. The maximum absolute atomic E-state index is 11.3. The number of hydrogen-bond acceptors (Lipinski definition) is 8. The molecule has 10 heteroatoms. The van der Waals surface area contributed by atoms with Gasteiger partial charge in [-0.3, -0.25) is 4.98 Å². The number of amides is 1. The van der Waals surface area contributed by atoms with Gasteiger partial charge in [-0.2, -0.15) is 5.10 Å². The van der Waals surface area contributed by atoms with Crippen LogP contribution in [0.15, 0.2) is 42.7 Å². The van der Waals surface area contributed by atoms with Crippen molar-refractivity contribution >= 4 is 23.2 Å². The molecule has 1 amide bonds. The number of nitrogens with one attached hydrogen (secondary N) is 2. The van der Waals surface area contributed by atoms with Crippen LogP contribution in [0.3, 0.4) is 0 Å². The highest BCUT2D eigenvalue weighted by atomic mass is 16.6. The number of rotatable bonds is 6. The maximum Gasteiger partial charge on any atom is 0.407 e. The van der Waals surface area contributed by atoms with Gasteiger partial charge in [0, 0.05) is 35.3 Å². The highest BCUT2D eigenvalue weighted by molar-refractivity contribution is 5.75. The van der Waals surface area contributed by atoms with E-state index in [9.17, 15) is 4.79 Å². The molecule has 5 rings (SSSR count). The Morgan fingerprint density at radius 2 is 2.03 bits per heavy atom. The fraction of sp³-hybridized carbons (Fsp3) is 0.261. The fourth-order valence-electron chi connectivity index (χ4n) is 3.73. The molecule has 0 radical (unpaired) electrons. The summed E-state index contributed by atoms with van der Waals surface area (Å²) in [7, 11) is 0. The van der Waals surface area contributed by atoms with Crippen LogP contribution in [0.2, 0.25) is 0 Å². The number of hydrogen-bond donors (Lipinski definition) is 2. The summed E-state index contributed by atoms with van der Waals surface area (Å²) < 4.78 is 12.7. The Balaban J connectivity index is 1.41. The number of anilines is 2. The van der Waals surface area contributed by atoms with E-state index in [1.165, 1.54) is 0 Å². The second kappa shape index (κ2) is 8.38. The van der Waals surface area contributed by atoms with Gasteiger partial charge in [0.15, 0.2) is 5.82 Å². The van der Waals surface area contributed by atoms with Crippen molar-refractivity contribution in [2.24, 2.45) is 0 Å². The molecule has 0 spiro atoms. The summed E-state index contributed by atoms with van der Waals surface area (Å²) in [5.41, 5.74) is 4.55. The minimum absolute atomic E-state index is 0.188. The monoisotopic (exact) mass is 445 g/mol. The van der Waals surface area contributed by atoms with E-state index in [1.807, 2.05) is 57.3 Å². The second-order valence-corrected chi connectivity index (χ2v) is 7.95. The SMILES string of the molecule is Cc1cc(-c2ccn3nc(Nc4cc(C)nc(C)n4)cc3c2)c(OC[C@@H]2COC(=O)N2)cn1. The van der Waals surface area contributed by atoms with Crippen LogP contribution in [-0.2, 0) is 4.74 Å². The molecular weight excluding hydrogens is 422 g/mol. The summed E-state index contributed by atoms with van der Waals surface area (Å²) in [6.07, 6.45) is 3.18. The topological polar surface area (TPSA) is 116 Å². The first kappa shape index (κ1) is 20.7. The van der Waals surface area contributed by atoms with Crippen LogP contribution in [0.1, 0.15) is 17.2 Å². The molecule has 4 aromatic heterocycles. The van der Waals surface area contributed by atoms with E-state index in [2.05, 4.69) is 30.7 Å². The van der Waals surface area contributed by atoms with E-state index < -0.39 is 6.09 Å². The molecule has 1 aliphatic rings. The zero-order valence-electron chi connectivity index (χ0n) is 18.5. The maximum atomic E-state index is 11.3. The average Bonchev–Trinajstić information content (AvgIpc) is 3.36. The lowest BCUT2D eigenvalue weighted by atomic mass is 10.1. The lowest BCUT2D eigenvalue weighted by Crippen LogP contribution is -2.32. The van der Waals surface area contributed by atoms with Crippen LogP contribution in [0, 0.1) is 20.8 Å². The van der Waals surface area contributed by atoms with Crippen LogP contribution in [-0.4, -0.2) is 49.9 Å². The number of aryl methyl sites for hydroxylation is 3. The molecule has 0 bridgehead atoms. The van der Waals surface area contributed by atoms with Crippen LogP contribution >= 0.6 is 0 Å². The number of carbonyl (C=O) groups excluding carboxylic acids is 1. The van der Waals surface area contributed by atoms with E-state index >= 15 is 0 Å². The molecule has 33 heavy (non-hydrogen) atoms. The molecule has 1 aliphatic heterocycles. The number of ether oxygens (including phenoxy) is 2. The van der Waals surface area contributed by atoms with Crippen molar-refractivity contribution in [1.29, 1.82) is 0 Å². The van der Waals surface area contributed by atoms with Crippen LogP contribution < -0.4 is 15.4 Å². The van der Waals surface area contributed by atoms with E-state index in [0.717, 1.165) is 28.0 Å². The Bertz CT molecular complexity index is 1330. The van der Waals surface area contributed by atoms with Crippen LogP contribution in [0.5, 0.6) is 5.75 Å². The number of alkyl carbamates (subject to hydrolysis) is 1. The quantitative estimate of drug-likeness (QED) is 0.464. The van der Waals surface area contributed by atoms with Crippen LogP contribution in [0.25, 0.3) is 16.6 Å². The summed E-state index contributed by atoms with van der Waals surface area (Å²) >= 11 is 0. The highest BCUT2D eigenvalue weighted by Gasteiger charge is 2.23. The van der Waals surface area contributed by atoms with E-state index in [1.54, 1.807) is 10.7 Å². The first-order chi connectivity index (χ1) is 15.9. The van der Waals surface area contributed by atoms with E-state index in [0.29, 0.717) is 29.8 Å². The van der Waals surface area contributed by atoms with Crippen molar-refractivity contribution in [3.8, 4) is 16.9 Å². The lowest BCUT2D eigenvalue weighted by molar-refractivity contribution is 0.174. The Morgan fingerprint density at radius 3 is 2.82 bits per heavy atom. The van der Waals surface area contributed by atoms with Gasteiger partial charge in [0.1, 0.15) is 36.6 Å². The molecule has 1 saturated heterocycles. The molecule has 5 heterocycles. The second-order valence-electron chi connectivity index (χ2n) is 7.95. The van der Waals surface area contributed by atoms with Gasteiger partial charge in [0.25, 0.3) is 0 Å². The van der Waals surface area contributed by atoms with Crippen molar-refractivity contribution in [2.45, 2.75) is 26.8 Å². The molecule has 4 aromatic rings. The average molecular weight is 445 g/mol. The minimum Gasteiger partial charge on any atom is -0.489 e. The largest absolute Gasteiger partial charge is 0.489 e. The van der Waals surface area contributed by atoms with Gasteiger partial charge in [0.05, 0.1) is 11.7 Å². The van der Waals surface area contributed by atoms with Gasteiger partial charge in [-0.25, -0.2) is 19.3 Å². The molecule has 1 fully saturated rings. The summed E-state index contributed by atoms with van der Waals surface area (Å²) in [5, 5.41) is 10.5. The molecular formula is C23H23N7O3. The number of nitrogens with zero attached hydrogens (tertiary/aromatic N) is 5. The molecule has 2 N–H and O–H groups in total. The van der Waals surface area contributed by atoms with Crippen molar-refractivity contribution in [1.82, 2.24) is 29.9 Å². The third-order valence-electron chi connectivity index (χ3n) is 5.18. The summed E-state index contributed by atoms with van der Waals surface area (Å²) in [6, 6.07) is 9.64. The van der Waals surface area contributed by atoms with Gasteiger partial charge in [0.2, 0.25) is 0 Å². The Hall–Kier alpha value is -4.21. The molecule has 10 nitrogen and oxygen atoms in total. The third kappa shape index (κ3) is 4.54. The molecule has 0 aromatic carbocycles. The standard InChI is InChI=1S/C23H23N7O3/c1-13-6-19(20(10-24-13)32-11-17-12-33-23(31)27-17)16-4-5-30-18(8-16)9-22(29-30)28-21-7-14(2)25-15(3)26-21/h4-10,17H,11-12H2,1-3H3,(H,27,31)(H,25,26,28,29)/t17-/m1/s1. The number of pyridine rings is 2. The van der Waals surface area contributed by atoms with Gasteiger partial charge < -0.3 is 20.1 Å². The van der Waals surface area contributed by atoms with Crippen LogP contribution in [0.4, 0.5) is 16.4 Å². The van der Waals surface area contributed by atoms with Gasteiger partial charge in [-0.1, -0.05) is 0 Å².